The standard InChI is InChI=1S/C16H11N5O2S/c22-15(11-9-24-16(19-11)12-5-3-7-23-12)21-13-8-18-14(20-13)10-4-1-2-6-17-10/h1-9H,(H,18,20)(H,21,22). The fourth-order valence-corrected chi connectivity index (χ4v) is 2.86. The van der Waals surface area contributed by atoms with E-state index >= 15 is 0 Å². The van der Waals surface area contributed by atoms with E-state index in [4.69, 9.17) is 4.42 Å². The number of aromatic nitrogens is 4. The number of nitrogens with one attached hydrogen (secondary N) is 2. The highest BCUT2D eigenvalue weighted by atomic mass is 32.1. The van der Waals surface area contributed by atoms with Gasteiger partial charge in [0.2, 0.25) is 0 Å². The molecule has 8 heteroatoms. The van der Waals surface area contributed by atoms with Crippen LogP contribution in [0.2, 0.25) is 0 Å². The van der Waals surface area contributed by atoms with Crippen LogP contribution in [0.25, 0.3) is 22.3 Å². The highest BCUT2D eigenvalue weighted by Crippen LogP contribution is 2.24. The van der Waals surface area contributed by atoms with Crippen LogP contribution in [-0.2, 0) is 0 Å². The molecule has 118 valence electrons. The molecule has 0 aliphatic rings. The number of hydrogen-bond acceptors (Lipinski definition) is 6. The number of imidazole rings is 1. The fraction of sp³-hybridized carbons (Fsp3) is 0. The summed E-state index contributed by atoms with van der Waals surface area (Å²) in [4.78, 5) is 28.0. The first-order chi connectivity index (χ1) is 11.8. The van der Waals surface area contributed by atoms with Crippen LogP contribution >= 0.6 is 11.3 Å². The number of nitrogens with zero attached hydrogens (tertiary/aromatic N) is 3. The minimum absolute atomic E-state index is 0.319. The number of hydrogen-bond donors (Lipinski definition) is 2. The summed E-state index contributed by atoms with van der Waals surface area (Å²) >= 11 is 1.35. The van der Waals surface area contributed by atoms with E-state index in [9.17, 15) is 4.79 Å². The van der Waals surface area contributed by atoms with Crippen molar-refractivity contribution < 1.29 is 9.21 Å². The highest BCUT2D eigenvalue weighted by Gasteiger charge is 2.14. The summed E-state index contributed by atoms with van der Waals surface area (Å²) in [6.45, 7) is 0. The Bertz CT molecular complexity index is 959. The molecule has 0 bridgehead atoms. The van der Waals surface area contributed by atoms with Crippen LogP contribution < -0.4 is 5.32 Å². The molecule has 2 N–H and O–H groups in total. The smallest absolute Gasteiger partial charge is 0.276 e. The van der Waals surface area contributed by atoms with Crippen LogP contribution in [0.15, 0.2) is 58.8 Å². The molecule has 0 aromatic carbocycles. The second kappa shape index (κ2) is 6.09. The third-order valence-electron chi connectivity index (χ3n) is 3.20. The first-order valence-corrected chi connectivity index (χ1v) is 7.95. The number of rotatable bonds is 4. The average Bonchev–Trinajstić information content (AvgIpc) is 3.36. The highest BCUT2D eigenvalue weighted by molar-refractivity contribution is 7.13. The van der Waals surface area contributed by atoms with Crippen molar-refractivity contribution in [2.24, 2.45) is 0 Å². The molecule has 0 radical (unpaired) electrons. The Balaban J connectivity index is 1.50. The van der Waals surface area contributed by atoms with Crippen molar-refractivity contribution in [3.8, 4) is 22.3 Å². The van der Waals surface area contributed by atoms with Crippen molar-refractivity contribution in [1.82, 2.24) is 19.9 Å². The molecule has 4 heterocycles. The zero-order valence-corrected chi connectivity index (χ0v) is 13.1. The van der Waals surface area contributed by atoms with Crippen LogP contribution in [0.5, 0.6) is 0 Å². The summed E-state index contributed by atoms with van der Waals surface area (Å²) in [6, 6.07) is 9.11. The first-order valence-electron chi connectivity index (χ1n) is 7.07. The number of H-pyrrole nitrogens is 1. The van der Waals surface area contributed by atoms with Crippen LogP contribution in [-0.4, -0.2) is 25.8 Å². The Morgan fingerprint density at radius 2 is 2.17 bits per heavy atom. The number of thiazole rings is 1. The fourth-order valence-electron chi connectivity index (χ4n) is 2.10. The zero-order valence-electron chi connectivity index (χ0n) is 12.3. The Hall–Kier alpha value is -3.26. The summed E-state index contributed by atoms with van der Waals surface area (Å²) in [5.41, 5.74) is 1.02. The lowest BCUT2D eigenvalue weighted by molar-refractivity contribution is 0.102. The normalized spacial score (nSPS) is 10.7. The lowest BCUT2D eigenvalue weighted by atomic mass is 10.3. The molecule has 1 amide bonds. The summed E-state index contributed by atoms with van der Waals surface area (Å²) in [5, 5.41) is 5.08. The molecule has 0 atom stereocenters. The van der Waals surface area contributed by atoms with Gasteiger partial charge in [0.15, 0.2) is 16.6 Å². The minimum atomic E-state index is -0.319. The molecule has 0 fully saturated rings. The summed E-state index contributed by atoms with van der Waals surface area (Å²) in [7, 11) is 0. The van der Waals surface area contributed by atoms with E-state index < -0.39 is 0 Å². The van der Waals surface area contributed by atoms with Gasteiger partial charge in [-0.25, -0.2) is 9.97 Å². The van der Waals surface area contributed by atoms with Gasteiger partial charge in [-0.1, -0.05) is 6.07 Å². The largest absolute Gasteiger partial charge is 0.462 e. The first kappa shape index (κ1) is 14.3. The maximum absolute atomic E-state index is 12.3. The van der Waals surface area contributed by atoms with Crippen molar-refractivity contribution in [2.45, 2.75) is 0 Å². The van der Waals surface area contributed by atoms with Gasteiger partial charge in [-0.05, 0) is 24.3 Å². The van der Waals surface area contributed by atoms with E-state index in [1.807, 2.05) is 18.2 Å². The van der Waals surface area contributed by atoms with Crippen molar-refractivity contribution in [3.63, 3.8) is 0 Å². The van der Waals surface area contributed by atoms with Crippen LogP contribution in [0, 0.1) is 0 Å². The van der Waals surface area contributed by atoms with Gasteiger partial charge < -0.3 is 14.7 Å². The predicted molar refractivity (Wildman–Crippen MR) is 89.6 cm³/mol. The van der Waals surface area contributed by atoms with E-state index in [-0.39, 0.29) is 5.91 Å². The zero-order chi connectivity index (χ0) is 16.4. The van der Waals surface area contributed by atoms with E-state index in [2.05, 4.69) is 25.3 Å². The molecule has 4 aromatic heterocycles. The monoisotopic (exact) mass is 337 g/mol. The summed E-state index contributed by atoms with van der Waals surface area (Å²) in [5.74, 6) is 1.38. The maximum atomic E-state index is 12.3. The molecule has 0 saturated heterocycles. The number of aromatic amines is 1. The number of amides is 1. The Labute approximate surface area is 140 Å². The van der Waals surface area contributed by atoms with Gasteiger partial charge in [0, 0.05) is 11.6 Å². The Morgan fingerprint density at radius 3 is 2.96 bits per heavy atom. The van der Waals surface area contributed by atoms with Crippen molar-refractivity contribution in [3.05, 3.63) is 60.1 Å². The predicted octanol–water partition coefficient (Wildman–Crippen LogP) is 3.44. The summed E-state index contributed by atoms with van der Waals surface area (Å²) in [6.07, 6.45) is 4.80. The number of anilines is 1. The summed E-state index contributed by atoms with van der Waals surface area (Å²) < 4.78 is 5.28. The molecule has 4 rings (SSSR count). The second-order valence-corrected chi connectivity index (χ2v) is 5.69. The third-order valence-corrected chi connectivity index (χ3v) is 4.06. The SMILES string of the molecule is O=C(Nc1cnc(-c2ccccn2)[nH]1)c1csc(-c2ccco2)n1. The number of carbonyl (C=O) groups excluding carboxylic acids is 1. The van der Waals surface area contributed by atoms with Crippen LogP contribution in [0.3, 0.4) is 0 Å². The van der Waals surface area contributed by atoms with Crippen molar-refractivity contribution in [2.75, 3.05) is 5.32 Å². The maximum Gasteiger partial charge on any atom is 0.276 e. The van der Waals surface area contributed by atoms with Crippen molar-refractivity contribution in [1.29, 1.82) is 0 Å². The number of pyridine rings is 1. The lowest BCUT2D eigenvalue weighted by Gasteiger charge is -1.99. The average molecular weight is 337 g/mol. The van der Waals surface area contributed by atoms with E-state index in [0.717, 1.165) is 0 Å². The van der Waals surface area contributed by atoms with Gasteiger partial charge >= 0.3 is 0 Å². The molecule has 0 saturated carbocycles. The molecule has 0 aliphatic heterocycles. The molecule has 0 unspecified atom stereocenters. The second-order valence-electron chi connectivity index (χ2n) is 4.83. The lowest BCUT2D eigenvalue weighted by Crippen LogP contribution is -2.12. The topological polar surface area (TPSA) is 96.7 Å². The molecule has 4 aromatic rings. The van der Waals surface area contributed by atoms with Gasteiger partial charge in [-0.2, -0.15) is 0 Å². The molecule has 7 nitrogen and oxygen atoms in total. The molecule has 0 aliphatic carbocycles. The van der Waals surface area contributed by atoms with E-state index in [1.54, 1.807) is 36.2 Å². The van der Waals surface area contributed by atoms with E-state index in [0.29, 0.717) is 33.8 Å². The third kappa shape index (κ3) is 2.82. The quantitative estimate of drug-likeness (QED) is 0.594. The molecular weight excluding hydrogens is 326 g/mol. The molecule has 24 heavy (non-hydrogen) atoms. The van der Waals surface area contributed by atoms with E-state index in [1.165, 1.54) is 11.3 Å². The number of carbonyl (C=O) groups is 1. The van der Waals surface area contributed by atoms with Gasteiger partial charge in [0.05, 0.1) is 12.5 Å². The van der Waals surface area contributed by atoms with Crippen molar-refractivity contribution >= 4 is 23.1 Å². The van der Waals surface area contributed by atoms with Crippen LogP contribution in [0.4, 0.5) is 5.82 Å². The van der Waals surface area contributed by atoms with Crippen LogP contribution in [0.1, 0.15) is 10.5 Å². The Morgan fingerprint density at radius 1 is 1.21 bits per heavy atom. The van der Waals surface area contributed by atoms with Gasteiger partial charge in [-0.15, -0.1) is 11.3 Å². The van der Waals surface area contributed by atoms with Gasteiger partial charge in [0.25, 0.3) is 5.91 Å². The number of furan rings is 1. The minimum Gasteiger partial charge on any atom is -0.462 e. The molecule has 0 spiro atoms. The molecular formula is C16H11N5O2S. The van der Waals surface area contributed by atoms with Gasteiger partial charge in [0.1, 0.15) is 17.2 Å². The Kier molecular flexibility index (Phi) is 3.64. The van der Waals surface area contributed by atoms with Gasteiger partial charge in [-0.3, -0.25) is 9.78 Å².